The predicted molar refractivity (Wildman–Crippen MR) is 48.5 cm³/mol. The quantitative estimate of drug-likeness (QED) is 0.494. The van der Waals surface area contributed by atoms with Crippen LogP contribution in [-0.4, -0.2) is 10.1 Å². The third kappa shape index (κ3) is 4.40. The maximum Gasteiger partial charge on any atom is 0.370 e. The Morgan fingerprint density at radius 2 is 1.78 bits per heavy atom. The first kappa shape index (κ1) is 14.6. The molecule has 0 spiro atoms. The fourth-order valence-electron chi connectivity index (χ4n) is 1.46. The molecule has 98 valence electrons. The van der Waals surface area contributed by atoms with Crippen molar-refractivity contribution in [2.75, 3.05) is 0 Å². The first-order valence-corrected chi connectivity index (χ1v) is 6.01. The summed E-state index contributed by atoms with van der Waals surface area (Å²) in [6, 6.07) is 5.42. The molecular weight excluding hydrogens is 264 g/mol. The smallest absolute Gasteiger partial charge is 0.370 e. The van der Waals surface area contributed by atoms with E-state index in [1.54, 1.807) is 12.1 Å². The van der Waals surface area contributed by atoms with Crippen molar-refractivity contribution >= 4 is 5.65 Å². The molecule has 1 N–H and O–H groups in total. The van der Waals surface area contributed by atoms with Gasteiger partial charge in [0.2, 0.25) is 5.75 Å². The summed E-state index contributed by atoms with van der Waals surface area (Å²) in [6.07, 6.45) is 1.89. The van der Waals surface area contributed by atoms with Crippen molar-refractivity contribution in [3.05, 3.63) is 35.8 Å². The lowest BCUT2D eigenvalue weighted by Crippen LogP contribution is -2.68. The number of aryl methyl sites for hydroxylation is 2. The molecule has 0 atom stereocenters. The molecule has 8 heteroatoms. The molecule has 0 saturated heterocycles. The van der Waals surface area contributed by atoms with E-state index in [1.165, 1.54) is 0 Å². The Morgan fingerprint density at radius 1 is 1.22 bits per heavy atom. The molecular formula is C10H11ClN2O5. The molecule has 0 aliphatic carbocycles. The van der Waals surface area contributed by atoms with E-state index >= 15 is 0 Å². The topological polar surface area (TPSA) is 129 Å². The average Bonchev–Trinajstić information content (AvgIpc) is 2.17. The van der Waals surface area contributed by atoms with Gasteiger partial charge in [-0.3, -0.25) is 0 Å². The predicted octanol–water partition coefficient (Wildman–Crippen LogP) is -3.61. The van der Waals surface area contributed by atoms with Crippen LogP contribution < -0.4 is 23.0 Å². The summed E-state index contributed by atoms with van der Waals surface area (Å²) in [6.45, 7) is 3.90. The Morgan fingerprint density at radius 3 is 2.33 bits per heavy atom. The summed E-state index contributed by atoms with van der Waals surface area (Å²) in [5.74, 6) is 0.217. The van der Waals surface area contributed by atoms with E-state index in [9.17, 15) is 5.11 Å². The standard InChI is InChI=1S/C10H10N2O.ClHO4/c1-7-6-8(2)12-5-3-4-9(13)10(12)11-7;2-1(3,4)5/h3-6H,1-2H3;(H,2,3,4,5). The van der Waals surface area contributed by atoms with Gasteiger partial charge in [-0.15, -0.1) is 10.2 Å². The van der Waals surface area contributed by atoms with Crippen LogP contribution in [0.2, 0.25) is 0 Å². The zero-order chi connectivity index (χ0) is 13.9. The number of aromatic nitrogens is 2. The Kier molecular flexibility index (Phi) is 4.38. The lowest BCUT2D eigenvalue weighted by atomic mass is 10.3. The van der Waals surface area contributed by atoms with Crippen LogP contribution in [0.25, 0.3) is 5.65 Å². The molecule has 2 aromatic rings. The third-order valence-electron chi connectivity index (χ3n) is 2.03. The number of nitrogens with zero attached hydrogens (tertiary/aromatic N) is 2. The number of halogens is 1. The van der Waals surface area contributed by atoms with Gasteiger partial charge in [-0.1, -0.05) is 0 Å². The molecule has 0 fully saturated rings. The molecule has 0 bridgehead atoms. The summed E-state index contributed by atoms with van der Waals surface area (Å²) >= 11 is 0. The number of hydrogen-bond acceptors (Lipinski definition) is 6. The fourth-order valence-corrected chi connectivity index (χ4v) is 1.46. The molecule has 18 heavy (non-hydrogen) atoms. The van der Waals surface area contributed by atoms with Crippen LogP contribution in [0.5, 0.6) is 5.75 Å². The Hall–Kier alpha value is -1.51. The zero-order valence-corrected chi connectivity index (χ0v) is 10.4. The maximum absolute atomic E-state index is 9.54. The number of rotatable bonds is 0. The largest absolute Gasteiger partial charge is 0.501 e. The Balaban J connectivity index is 0.000000280. The van der Waals surface area contributed by atoms with Gasteiger partial charge in [0.25, 0.3) is 0 Å². The van der Waals surface area contributed by atoms with Crippen LogP contribution in [-0.2, 0) is 0 Å². The number of aromatic hydroxyl groups is 1. The van der Waals surface area contributed by atoms with Crippen molar-refractivity contribution in [1.29, 1.82) is 0 Å². The van der Waals surface area contributed by atoms with Gasteiger partial charge in [0.15, 0.2) is 5.69 Å². The number of pyridine rings is 1. The molecule has 0 amide bonds. The van der Waals surface area contributed by atoms with Crippen molar-refractivity contribution < 1.29 is 38.4 Å². The molecule has 0 aliphatic heterocycles. The van der Waals surface area contributed by atoms with Crippen LogP contribution in [0.4, 0.5) is 0 Å². The van der Waals surface area contributed by atoms with Gasteiger partial charge in [-0.05, 0) is 24.0 Å². The summed E-state index contributed by atoms with van der Waals surface area (Å²) in [7, 11) is -4.94. The van der Waals surface area contributed by atoms with Crippen molar-refractivity contribution in [3.8, 4) is 5.75 Å². The first-order chi connectivity index (χ1) is 8.18. The zero-order valence-electron chi connectivity index (χ0n) is 9.66. The monoisotopic (exact) mass is 274 g/mol. The van der Waals surface area contributed by atoms with E-state index in [2.05, 4.69) is 4.98 Å². The second-order valence-electron chi connectivity index (χ2n) is 3.50. The van der Waals surface area contributed by atoms with Gasteiger partial charge in [0, 0.05) is 13.0 Å². The normalized spacial score (nSPS) is 11.0. The van der Waals surface area contributed by atoms with E-state index in [-0.39, 0.29) is 5.75 Å². The van der Waals surface area contributed by atoms with Crippen LogP contribution >= 0.6 is 0 Å². The molecule has 0 saturated carbocycles. The molecule has 0 aliphatic rings. The van der Waals surface area contributed by atoms with E-state index in [4.69, 9.17) is 18.6 Å². The van der Waals surface area contributed by atoms with Gasteiger partial charge in [0.1, 0.15) is 5.69 Å². The van der Waals surface area contributed by atoms with E-state index in [0.29, 0.717) is 5.65 Å². The summed E-state index contributed by atoms with van der Waals surface area (Å²) in [5.41, 5.74) is 2.59. The lowest BCUT2D eigenvalue weighted by molar-refractivity contribution is -2.00. The SMILES string of the molecule is Cc1cc(C)[n+]2cccc(O)c2n1.[O-][Cl+3]([O-])([O-])[O-]. The van der Waals surface area contributed by atoms with Crippen molar-refractivity contribution in [3.63, 3.8) is 0 Å². The molecule has 2 aromatic heterocycles. The second-order valence-corrected chi connectivity index (χ2v) is 4.26. The van der Waals surface area contributed by atoms with Gasteiger partial charge < -0.3 is 5.11 Å². The van der Waals surface area contributed by atoms with Crippen LogP contribution in [0.3, 0.4) is 0 Å². The van der Waals surface area contributed by atoms with Gasteiger partial charge in [0.05, 0.1) is 6.20 Å². The summed E-state index contributed by atoms with van der Waals surface area (Å²) in [4.78, 5) is 4.25. The van der Waals surface area contributed by atoms with Gasteiger partial charge >= 0.3 is 5.65 Å². The fraction of sp³-hybridized carbons (Fsp3) is 0.200. The number of hydrogen-bond donors (Lipinski definition) is 1. The van der Waals surface area contributed by atoms with Gasteiger partial charge in [-0.25, -0.2) is 18.6 Å². The molecule has 2 heterocycles. The molecule has 0 unspecified atom stereocenters. The highest BCUT2D eigenvalue weighted by molar-refractivity contribution is 5.45. The minimum Gasteiger partial charge on any atom is -0.501 e. The minimum atomic E-state index is -4.94. The first-order valence-electron chi connectivity index (χ1n) is 4.78. The molecule has 0 radical (unpaired) electrons. The number of fused-ring (bicyclic) bond motifs is 1. The van der Waals surface area contributed by atoms with Gasteiger partial charge in [-0.2, -0.15) is 4.40 Å². The van der Waals surface area contributed by atoms with Crippen molar-refractivity contribution in [2.45, 2.75) is 13.8 Å². The van der Waals surface area contributed by atoms with E-state index < -0.39 is 10.2 Å². The average molecular weight is 275 g/mol. The van der Waals surface area contributed by atoms with Crippen molar-refractivity contribution in [2.24, 2.45) is 0 Å². The second kappa shape index (κ2) is 5.42. The van der Waals surface area contributed by atoms with E-state index in [1.807, 2.05) is 30.5 Å². The molecule has 2 rings (SSSR count). The maximum atomic E-state index is 9.54. The Labute approximate surface area is 105 Å². The highest BCUT2D eigenvalue weighted by Crippen LogP contribution is 2.11. The molecule has 7 nitrogen and oxygen atoms in total. The van der Waals surface area contributed by atoms with Crippen LogP contribution in [0, 0.1) is 24.1 Å². The van der Waals surface area contributed by atoms with Crippen molar-refractivity contribution in [1.82, 2.24) is 4.98 Å². The molecule has 0 aromatic carbocycles. The minimum absolute atomic E-state index is 0.217. The third-order valence-corrected chi connectivity index (χ3v) is 2.03. The summed E-state index contributed by atoms with van der Waals surface area (Å²) < 4.78 is 35.8. The highest BCUT2D eigenvalue weighted by Gasteiger charge is 2.12. The van der Waals surface area contributed by atoms with Crippen LogP contribution in [0.1, 0.15) is 11.4 Å². The summed E-state index contributed by atoms with van der Waals surface area (Å²) in [5, 5.41) is 9.54. The Bertz CT molecular complexity index is 550. The van der Waals surface area contributed by atoms with Crippen LogP contribution in [0.15, 0.2) is 24.4 Å². The lowest BCUT2D eigenvalue weighted by Gasteiger charge is -2.17. The highest BCUT2D eigenvalue weighted by atomic mass is 35.7. The van der Waals surface area contributed by atoms with E-state index in [0.717, 1.165) is 11.4 Å².